The van der Waals surface area contributed by atoms with Gasteiger partial charge in [-0.3, -0.25) is 14.4 Å². The van der Waals surface area contributed by atoms with Crippen LogP contribution in [0.3, 0.4) is 0 Å². The number of likely N-dealkylation sites (tertiary alicyclic amines) is 1. The molecule has 2 rings (SSSR count). The smallest absolute Gasteiger partial charge is 0.308 e. The Kier molecular flexibility index (Phi) is 7.48. The van der Waals surface area contributed by atoms with Gasteiger partial charge in [0.2, 0.25) is 11.7 Å². The minimum Gasteiger partial charge on any atom is -0.493 e. The number of carbonyl (C=O) groups excluding carboxylic acids is 3. The van der Waals surface area contributed by atoms with Crippen molar-refractivity contribution in [3.8, 4) is 17.2 Å². The molecule has 0 unspecified atom stereocenters. The SMILES string of the molecule is COC(=O)C1CCN(C(=O)CNC(=O)c2cc(OC)c(OC)c(OC)c2)CC1. The van der Waals surface area contributed by atoms with Crippen LogP contribution in [0.4, 0.5) is 0 Å². The molecule has 9 heteroatoms. The van der Waals surface area contributed by atoms with Crippen LogP contribution in [0.15, 0.2) is 12.1 Å². The van der Waals surface area contributed by atoms with Gasteiger partial charge < -0.3 is 29.2 Å². The molecule has 9 nitrogen and oxygen atoms in total. The Morgan fingerprint density at radius 3 is 2.04 bits per heavy atom. The van der Waals surface area contributed by atoms with Crippen LogP contribution in [-0.2, 0) is 14.3 Å². The molecule has 1 aromatic rings. The molecule has 154 valence electrons. The summed E-state index contributed by atoms with van der Waals surface area (Å²) >= 11 is 0. The molecule has 0 radical (unpaired) electrons. The third-order valence-electron chi connectivity index (χ3n) is 4.71. The van der Waals surface area contributed by atoms with Crippen LogP contribution in [0, 0.1) is 5.92 Å². The van der Waals surface area contributed by atoms with Gasteiger partial charge in [0.15, 0.2) is 11.5 Å². The van der Waals surface area contributed by atoms with E-state index in [2.05, 4.69) is 5.32 Å². The molecular weight excluding hydrogens is 368 g/mol. The van der Waals surface area contributed by atoms with E-state index in [0.29, 0.717) is 43.2 Å². The predicted octanol–water partition coefficient (Wildman–Crippen LogP) is 0.854. The maximum Gasteiger partial charge on any atom is 0.308 e. The van der Waals surface area contributed by atoms with Crippen molar-refractivity contribution in [3.05, 3.63) is 17.7 Å². The molecule has 1 aliphatic heterocycles. The molecule has 1 heterocycles. The number of methoxy groups -OCH3 is 4. The number of esters is 1. The Morgan fingerprint density at radius 1 is 1.00 bits per heavy atom. The summed E-state index contributed by atoms with van der Waals surface area (Å²) in [6.45, 7) is 0.774. The molecule has 1 N–H and O–H groups in total. The van der Waals surface area contributed by atoms with Gasteiger partial charge in [-0.15, -0.1) is 0 Å². The van der Waals surface area contributed by atoms with Crippen molar-refractivity contribution in [2.45, 2.75) is 12.8 Å². The monoisotopic (exact) mass is 394 g/mol. The van der Waals surface area contributed by atoms with Gasteiger partial charge in [-0.2, -0.15) is 0 Å². The Balaban J connectivity index is 1.95. The lowest BCUT2D eigenvalue weighted by Crippen LogP contribution is -2.45. The van der Waals surface area contributed by atoms with Crippen molar-refractivity contribution in [1.82, 2.24) is 10.2 Å². The van der Waals surface area contributed by atoms with Gasteiger partial charge in [0.1, 0.15) is 0 Å². The van der Waals surface area contributed by atoms with E-state index in [9.17, 15) is 14.4 Å². The number of amides is 2. The van der Waals surface area contributed by atoms with Crippen LogP contribution in [0.5, 0.6) is 17.2 Å². The highest BCUT2D eigenvalue weighted by atomic mass is 16.5. The molecule has 1 aromatic carbocycles. The molecule has 0 bridgehead atoms. The highest BCUT2D eigenvalue weighted by Crippen LogP contribution is 2.38. The van der Waals surface area contributed by atoms with Crippen molar-refractivity contribution < 1.29 is 33.3 Å². The number of piperidine rings is 1. The molecule has 0 aliphatic carbocycles. The summed E-state index contributed by atoms with van der Waals surface area (Å²) in [7, 11) is 5.75. The van der Waals surface area contributed by atoms with Crippen LogP contribution in [0.25, 0.3) is 0 Å². The largest absolute Gasteiger partial charge is 0.493 e. The zero-order valence-electron chi connectivity index (χ0n) is 16.6. The number of benzene rings is 1. The first-order valence-electron chi connectivity index (χ1n) is 8.88. The highest BCUT2D eigenvalue weighted by Gasteiger charge is 2.28. The van der Waals surface area contributed by atoms with Crippen molar-refractivity contribution in [1.29, 1.82) is 0 Å². The van der Waals surface area contributed by atoms with Crippen molar-refractivity contribution in [2.24, 2.45) is 5.92 Å². The zero-order valence-corrected chi connectivity index (χ0v) is 16.6. The molecule has 0 saturated carbocycles. The molecule has 28 heavy (non-hydrogen) atoms. The summed E-state index contributed by atoms with van der Waals surface area (Å²) in [5.41, 5.74) is 0.284. The van der Waals surface area contributed by atoms with Gasteiger partial charge in [0.05, 0.1) is 40.9 Å². The van der Waals surface area contributed by atoms with E-state index in [4.69, 9.17) is 18.9 Å². The van der Waals surface area contributed by atoms with E-state index < -0.39 is 5.91 Å². The number of ether oxygens (including phenoxy) is 4. The Morgan fingerprint density at radius 2 is 1.57 bits per heavy atom. The van der Waals surface area contributed by atoms with Crippen LogP contribution >= 0.6 is 0 Å². The normalized spacial score (nSPS) is 14.2. The van der Waals surface area contributed by atoms with Crippen LogP contribution in [0.1, 0.15) is 23.2 Å². The van der Waals surface area contributed by atoms with E-state index >= 15 is 0 Å². The number of hydrogen-bond acceptors (Lipinski definition) is 7. The van der Waals surface area contributed by atoms with E-state index in [1.165, 1.54) is 40.6 Å². The van der Waals surface area contributed by atoms with Gasteiger partial charge in [0.25, 0.3) is 5.91 Å². The average molecular weight is 394 g/mol. The van der Waals surface area contributed by atoms with Crippen LogP contribution in [-0.4, -0.2) is 70.8 Å². The first-order valence-corrected chi connectivity index (χ1v) is 8.88. The lowest BCUT2D eigenvalue weighted by molar-refractivity contribution is -0.148. The number of hydrogen-bond donors (Lipinski definition) is 1. The van der Waals surface area contributed by atoms with Crippen molar-refractivity contribution >= 4 is 17.8 Å². The van der Waals surface area contributed by atoms with Gasteiger partial charge >= 0.3 is 5.97 Å². The predicted molar refractivity (Wildman–Crippen MR) is 99.8 cm³/mol. The summed E-state index contributed by atoms with van der Waals surface area (Å²) in [4.78, 5) is 38.0. The fraction of sp³-hybridized carbons (Fsp3) is 0.526. The maximum absolute atomic E-state index is 12.5. The highest BCUT2D eigenvalue weighted by molar-refractivity contribution is 5.97. The number of carbonyl (C=O) groups is 3. The second kappa shape index (κ2) is 9.82. The fourth-order valence-corrected chi connectivity index (χ4v) is 3.11. The second-order valence-electron chi connectivity index (χ2n) is 6.27. The third-order valence-corrected chi connectivity index (χ3v) is 4.71. The Hall–Kier alpha value is -2.97. The molecule has 1 fully saturated rings. The molecule has 1 saturated heterocycles. The molecular formula is C19H26N2O7. The van der Waals surface area contributed by atoms with Gasteiger partial charge in [0, 0.05) is 18.7 Å². The zero-order chi connectivity index (χ0) is 20.7. The van der Waals surface area contributed by atoms with E-state index in [-0.39, 0.29) is 29.9 Å². The number of nitrogens with zero attached hydrogens (tertiary/aromatic N) is 1. The van der Waals surface area contributed by atoms with E-state index in [1.54, 1.807) is 4.90 Å². The molecule has 0 atom stereocenters. The quantitative estimate of drug-likeness (QED) is 0.684. The molecule has 0 aromatic heterocycles. The number of rotatable bonds is 7. The van der Waals surface area contributed by atoms with Gasteiger partial charge in [-0.05, 0) is 25.0 Å². The lowest BCUT2D eigenvalue weighted by Gasteiger charge is -2.30. The molecule has 2 amide bonds. The second-order valence-corrected chi connectivity index (χ2v) is 6.27. The minimum absolute atomic E-state index is 0.140. The third kappa shape index (κ3) is 4.85. The van der Waals surface area contributed by atoms with Crippen LogP contribution < -0.4 is 19.5 Å². The first kappa shape index (κ1) is 21.3. The summed E-state index contributed by atoms with van der Waals surface area (Å²) in [5, 5.41) is 2.61. The molecule has 0 spiro atoms. The summed E-state index contributed by atoms with van der Waals surface area (Å²) in [5.74, 6) is 0.0179. The fourth-order valence-electron chi connectivity index (χ4n) is 3.11. The summed E-state index contributed by atoms with van der Waals surface area (Å²) < 4.78 is 20.4. The lowest BCUT2D eigenvalue weighted by atomic mass is 9.97. The maximum atomic E-state index is 12.5. The van der Waals surface area contributed by atoms with Crippen LogP contribution in [0.2, 0.25) is 0 Å². The first-order chi connectivity index (χ1) is 13.4. The Labute approximate surface area is 163 Å². The number of nitrogens with one attached hydrogen (secondary N) is 1. The van der Waals surface area contributed by atoms with Crippen molar-refractivity contribution in [3.63, 3.8) is 0 Å². The topological polar surface area (TPSA) is 103 Å². The van der Waals surface area contributed by atoms with Gasteiger partial charge in [-0.25, -0.2) is 0 Å². The summed E-state index contributed by atoms with van der Waals surface area (Å²) in [6, 6.07) is 3.03. The van der Waals surface area contributed by atoms with Crippen molar-refractivity contribution in [2.75, 3.05) is 48.1 Å². The molecule has 1 aliphatic rings. The van der Waals surface area contributed by atoms with Gasteiger partial charge in [-0.1, -0.05) is 0 Å². The van der Waals surface area contributed by atoms with E-state index in [1.807, 2.05) is 0 Å². The van der Waals surface area contributed by atoms with E-state index in [0.717, 1.165) is 0 Å². The summed E-state index contributed by atoms with van der Waals surface area (Å²) in [6.07, 6.45) is 1.11. The average Bonchev–Trinajstić information content (AvgIpc) is 2.75. The Bertz CT molecular complexity index is 702. The standard InChI is InChI=1S/C19H26N2O7/c1-25-14-9-13(10-15(26-2)17(14)27-3)18(23)20-11-16(22)21-7-5-12(6-8-21)19(24)28-4/h9-10,12H,5-8,11H2,1-4H3,(H,20,23). The minimum atomic E-state index is -0.433.